The number of carboxylic acid groups (broad SMARTS) is 1. The Morgan fingerprint density at radius 2 is 1.68 bits per heavy atom. The summed E-state index contributed by atoms with van der Waals surface area (Å²) < 4.78 is 11.0. The van der Waals surface area contributed by atoms with Crippen LogP contribution in [-0.4, -0.2) is 54.5 Å². The monoisotopic (exact) mass is 466 g/mol. The highest BCUT2D eigenvalue weighted by atomic mass is 16.5. The van der Waals surface area contributed by atoms with Crippen LogP contribution in [0.3, 0.4) is 0 Å². The van der Waals surface area contributed by atoms with E-state index in [1.54, 1.807) is 13.8 Å². The molecular formula is C26H30N2O6. The van der Waals surface area contributed by atoms with Crippen molar-refractivity contribution in [2.45, 2.75) is 44.2 Å². The number of carbonyl (C=O) groups excluding carboxylic acids is 2. The molecule has 0 unspecified atom stereocenters. The Morgan fingerprint density at radius 3 is 2.26 bits per heavy atom. The molecular weight excluding hydrogens is 436 g/mol. The maximum Gasteiger partial charge on any atom is 0.407 e. The molecule has 1 aliphatic heterocycles. The molecule has 2 aliphatic rings. The van der Waals surface area contributed by atoms with Gasteiger partial charge in [0.25, 0.3) is 0 Å². The summed E-state index contributed by atoms with van der Waals surface area (Å²) in [6.07, 6.45) is -0.477. The lowest BCUT2D eigenvalue weighted by atomic mass is 9.98. The zero-order valence-electron chi connectivity index (χ0n) is 19.4. The van der Waals surface area contributed by atoms with Crippen molar-refractivity contribution in [3.05, 3.63) is 59.7 Å². The van der Waals surface area contributed by atoms with Crippen LogP contribution in [0.2, 0.25) is 0 Å². The average Bonchev–Trinajstić information content (AvgIpc) is 3.39. The summed E-state index contributed by atoms with van der Waals surface area (Å²) >= 11 is 0. The van der Waals surface area contributed by atoms with Crippen LogP contribution in [-0.2, 0) is 19.1 Å². The first kappa shape index (κ1) is 23.8. The van der Waals surface area contributed by atoms with E-state index < -0.39 is 23.5 Å². The molecule has 180 valence electrons. The van der Waals surface area contributed by atoms with E-state index in [0.29, 0.717) is 6.42 Å². The summed E-state index contributed by atoms with van der Waals surface area (Å²) in [4.78, 5) is 35.9. The third-order valence-electron chi connectivity index (χ3n) is 6.34. The molecule has 0 aromatic heterocycles. The van der Waals surface area contributed by atoms with Gasteiger partial charge in [-0.05, 0) is 42.5 Å². The van der Waals surface area contributed by atoms with Crippen LogP contribution in [0.1, 0.15) is 43.7 Å². The molecule has 4 rings (SSSR count). The first-order valence-corrected chi connectivity index (χ1v) is 11.5. The molecule has 2 amide bonds. The molecule has 8 nitrogen and oxygen atoms in total. The van der Waals surface area contributed by atoms with E-state index in [0.717, 1.165) is 22.3 Å². The van der Waals surface area contributed by atoms with Crippen molar-refractivity contribution in [1.29, 1.82) is 0 Å². The molecule has 34 heavy (non-hydrogen) atoms. The van der Waals surface area contributed by atoms with Crippen LogP contribution in [0.4, 0.5) is 4.79 Å². The van der Waals surface area contributed by atoms with E-state index in [1.807, 2.05) is 24.3 Å². The van der Waals surface area contributed by atoms with Crippen molar-refractivity contribution >= 4 is 18.0 Å². The fraction of sp³-hybridized carbons (Fsp3) is 0.423. The maximum absolute atomic E-state index is 12.5. The molecule has 3 N–H and O–H groups in total. The number of alkyl carbamates (subject to hydrolysis) is 1. The Kier molecular flexibility index (Phi) is 6.88. The van der Waals surface area contributed by atoms with Crippen molar-refractivity contribution in [1.82, 2.24) is 10.6 Å². The van der Waals surface area contributed by atoms with Crippen LogP contribution in [0.15, 0.2) is 48.5 Å². The number of rotatable bonds is 8. The molecule has 0 radical (unpaired) electrons. The van der Waals surface area contributed by atoms with Gasteiger partial charge in [-0.25, -0.2) is 4.79 Å². The normalized spacial score (nSPS) is 19.2. The first-order valence-electron chi connectivity index (χ1n) is 11.5. The number of ether oxygens (including phenoxy) is 2. The van der Waals surface area contributed by atoms with E-state index in [4.69, 9.17) is 14.6 Å². The van der Waals surface area contributed by atoms with Crippen molar-refractivity contribution in [2.75, 3.05) is 19.8 Å². The van der Waals surface area contributed by atoms with Gasteiger partial charge < -0.3 is 25.2 Å². The van der Waals surface area contributed by atoms with E-state index in [2.05, 4.69) is 34.9 Å². The van der Waals surface area contributed by atoms with Crippen molar-refractivity contribution < 1.29 is 29.0 Å². The number of amides is 2. The number of benzene rings is 2. The Bertz CT molecular complexity index is 1040. The van der Waals surface area contributed by atoms with Gasteiger partial charge in [0.1, 0.15) is 6.61 Å². The van der Waals surface area contributed by atoms with Gasteiger partial charge in [0.05, 0.1) is 18.6 Å². The van der Waals surface area contributed by atoms with Gasteiger partial charge in [-0.1, -0.05) is 48.5 Å². The average molecular weight is 467 g/mol. The fourth-order valence-corrected chi connectivity index (χ4v) is 4.67. The van der Waals surface area contributed by atoms with Gasteiger partial charge in [-0.2, -0.15) is 0 Å². The Balaban J connectivity index is 1.26. The molecule has 8 heteroatoms. The van der Waals surface area contributed by atoms with Gasteiger partial charge >= 0.3 is 12.1 Å². The molecule has 1 fully saturated rings. The zero-order chi connectivity index (χ0) is 24.3. The van der Waals surface area contributed by atoms with Crippen LogP contribution < -0.4 is 10.6 Å². The topological polar surface area (TPSA) is 114 Å². The predicted molar refractivity (Wildman–Crippen MR) is 125 cm³/mol. The SMILES string of the molecule is CC(C)(CC(=O)NC[C@@H]1C[C@H](C(=O)O)CO1)NC(=O)OCC1c2ccccc2-c2ccccc21. The molecule has 0 bridgehead atoms. The lowest BCUT2D eigenvalue weighted by molar-refractivity contribution is -0.141. The molecule has 0 spiro atoms. The second-order valence-corrected chi connectivity index (χ2v) is 9.54. The summed E-state index contributed by atoms with van der Waals surface area (Å²) in [5.41, 5.74) is 3.76. The highest BCUT2D eigenvalue weighted by Gasteiger charge is 2.32. The van der Waals surface area contributed by atoms with E-state index in [1.165, 1.54) is 0 Å². The third kappa shape index (κ3) is 5.39. The molecule has 2 aromatic rings. The number of hydrogen-bond acceptors (Lipinski definition) is 5. The minimum absolute atomic E-state index is 0.0365. The smallest absolute Gasteiger partial charge is 0.407 e. The highest BCUT2D eigenvalue weighted by Crippen LogP contribution is 2.44. The second kappa shape index (κ2) is 9.85. The summed E-state index contributed by atoms with van der Waals surface area (Å²) in [5, 5.41) is 14.6. The number of fused-ring (bicyclic) bond motifs is 3. The minimum atomic E-state index is -0.887. The standard InChI is InChI=1S/C26H30N2O6/c1-26(2,12-23(29)27-13-17-11-16(14-33-17)24(30)31)28-25(32)34-15-22-20-9-5-3-7-18(20)19-8-4-6-10-21(19)22/h3-10,16-17,22H,11-15H2,1-2H3,(H,27,29)(H,28,32)(H,30,31)/t16-,17-/m0/s1. The van der Waals surface area contributed by atoms with E-state index in [-0.39, 0.29) is 44.1 Å². The van der Waals surface area contributed by atoms with Crippen LogP contribution in [0.5, 0.6) is 0 Å². The number of carbonyl (C=O) groups is 3. The van der Waals surface area contributed by atoms with E-state index in [9.17, 15) is 14.4 Å². The quantitative estimate of drug-likeness (QED) is 0.550. The largest absolute Gasteiger partial charge is 0.481 e. The lowest BCUT2D eigenvalue weighted by Gasteiger charge is -2.26. The Labute approximate surface area is 198 Å². The van der Waals surface area contributed by atoms with Crippen LogP contribution in [0, 0.1) is 5.92 Å². The lowest BCUT2D eigenvalue weighted by Crippen LogP contribution is -2.47. The predicted octanol–water partition coefficient (Wildman–Crippen LogP) is 3.30. The number of hydrogen-bond donors (Lipinski definition) is 3. The van der Waals surface area contributed by atoms with Gasteiger partial charge in [0.2, 0.25) is 5.91 Å². The van der Waals surface area contributed by atoms with Crippen LogP contribution >= 0.6 is 0 Å². The van der Waals surface area contributed by atoms with Crippen molar-refractivity contribution in [3.63, 3.8) is 0 Å². The van der Waals surface area contributed by atoms with Gasteiger partial charge in [0.15, 0.2) is 0 Å². The van der Waals surface area contributed by atoms with Gasteiger partial charge in [0, 0.05) is 24.4 Å². The molecule has 1 heterocycles. The molecule has 1 saturated heterocycles. The third-order valence-corrected chi connectivity index (χ3v) is 6.34. The highest BCUT2D eigenvalue weighted by molar-refractivity contribution is 5.80. The Morgan fingerprint density at radius 1 is 1.06 bits per heavy atom. The summed E-state index contributed by atoms with van der Waals surface area (Å²) in [6.45, 7) is 4.10. The first-order chi connectivity index (χ1) is 16.2. The number of aliphatic carboxylic acids is 1. The molecule has 2 aromatic carbocycles. The fourth-order valence-electron chi connectivity index (χ4n) is 4.67. The van der Waals surface area contributed by atoms with Gasteiger partial charge in [-0.15, -0.1) is 0 Å². The zero-order valence-corrected chi connectivity index (χ0v) is 19.4. The van der Waals surface area contributed by atoms with Crippen molar-refractivity contribution in [3.8, 4) is 11.1 Å². The molecule has 1 aliphatic carbocycles. The molecule has 0 saturated carbocycles. The summed E-state index contributed by atoms with van der Waals surface area (Å²) in [7, 11) is 0. The van der Waals surface area contributed by atoms with Gasteiger partial charge in [-0.3, -0.25) is 9.59 Å². The number of nitrogens with one attached hydrogen (secondary N) is 2. The number of carboxylic acids is 1. The minimum Gasteiger partial charge on any atom is -0.481 e. The molecule has 2 atom stereocenters. The van der Waals surface area contributed by atoms with E-state index >= 15 is 0 Å². The van der Waals surface area contributed by atoms with Crippen LogP contribution in [0.25, 0.3) is 11.1 Å². The summed E-state index contributed by atoms with van der Waals surface area (Å²) in [6, 6.07) is 16.2. The van der Waals surface area contributed by atoms with Crippen molar-refractivity contribution in [2.24, 2.45) is 5.92 Å². The second-order valence-electron chi connectivity index (χ2n) is 9.54. The summed E-state index contributed by atoms with van der Waals surface area (Å²) in [5.74, 6) is -1.72. The maximum atomic E-state index is 12.5. The Hall–Kier alpha value is -3.39.